The van der Waals surface area contributed by atoms with Crippen LogP contribution in [0.1, 0.15) is 5.56 Å². The Morgan fingerprint density at radius 3 is 1.50 bits per heavy atom. The number of halogens is 6. The molecule has 0 aliphatic rings. The predicted molar refractivity (Wildman–Crippen MR) is 57.3 cm³/mol. The number of benzene rings is 1. The molecule has 3 nitrogen and oxygen atoms in total. The normalized spacial score (nSPS) is 12.4. The molecule has 0 unspecified atom stereocenters. The summed E-state index contributed by atoms with van der Waals surface area (Å²) in [5.74, 6) is -5.53. The largest absolute Gasteiger partial charge is 0.455 e. The molecule has 114 valence electrons. The van der Waals surface area contributed by atoms with E-state index in [0.717, 1.165) is 0 Å². The number of hydrogen-bond donors (Lipinski definition) is 2. The van der Waals surface area contributed by atoms with Gasteiger partial charge in [-0.2, -0.15) is 31.2 Å². The third-order valence-electron chi connectivity index (χ3n) is 1.94. The van der Waals surface area contributed by atoms with Crippen molar-refractivity contribution in [3.05, 3.63) is 42.5 Å². The van der Waals surface area contributed by atoms with Crippen LogP contribution in [0.4, 0.5) is 26.3 Å². The minimum atomic E-state index is -6.15. The summed E-state index contributed by atoms with van der Waals surface area (Å²) in [6.45, 7) is 3.63. The summed E-state index contributed by atoms with van der Waals surface area (Å²) in [4.78, 5) is 1.97. The first-order chi connectivity index (χ1) is 8.99. The van der Waals surface area contributed by atoms with Crippen molar-refractivity contribution in [2.24, 2.45) is 0 Å². The van der Waals surface area contributed by atoms with Crippen LogP contribution in [0.3, 0.4) is 0 Å². The summed E-state index contributed by atoms with van der Waals surface area (Å²) in [6, 6.07) is 10.0. The van der Waals surface area contributed by atoms with Gasteiger partial charge in [-0.25, -0.2) is 5.26 Å². The summed E-state index contributed by atoms with van der Waals surface area (Å²) in [5, 5.41) is 15.0. The summed E-state index contributed by atoms with van der Waals surface area (Å²) in [5.41, 5.74) is 1.17. The molecule has 1 aromatic carbocycles. The van der Waals surface area contributed by atoms with Crippen LogP contribution in [0.2, 0.25) is 0 Å². The van der Waals surface area contributed by atoms with Crippen LogP contribution in [0.5, 0.6) is 0 Å². The molecule has 0 spiro atoms. The highest BCUT2D eigenvalue weighted by Crippen LogP contribution is 2.43. The molecule has 1 rings (SSSR count). The molecule has 0 atom stereocenters. The molecule has 0 radical (unpaired) electrons. The zero-order valence-electron chi connectivity index (χ0n) is 9.74. The lowest BCUT2D eigenvalue weighted by atomic mass is 10.2. The van der Waals surface area contributed by atoms with Crippen molar-refractivity contribution in [2.75, 3.05) is 0 Å². The highest BCUT2D eigenvalue weighted by atomic mass is 19.4. The third-order valence-corrected chi connectivity index (χ3v) is 1.94. The maximum atomic E-state index is 11.3. The second-order valence-electron chi connectivity index (χ2n) is 3.35. The smallest absolute Gasteiger partial charge is 0.349 e. The molecular formula is C11H10F6O3. The molecule has 0 saturated heterocycles. The predicted octanol–water partition coefficient (Wildman–Crippen LogP) is 3.62. The molecule has 1 aromatic rings. The monoisotopic (exact) mass is 304 g/mol. The Morgan fingerprint density at radius 1 is 0.950 bits per heavy atom. The fraction of sp³-hybridized carbons (Fsp3) is 0.273. The van der Waals surface area contributed by atoms with E-state index in [1.807, 2.05) is 41.3 Å². The molecule has 0 aliphatic heterocycles. The first-order valence-electron chi connectivity index (χ1n) is 4.85. The van der Waals surface area contributed by atoms with Gasteiger partial charge >= 0.3 is 18.1 Å². The van der Waals surface area contributed by atoms with E-state index >= 15 is 0 Å². The third kappa shape index (κ3) is 4.51. The molecule has 0 fully saturated rings. The van der Waals surface area contributed by atoms with Gasteiger partial charge in [-0.05, 0) is 5.56 Å². The number of aliphatic hydroxyl groups is 1. The molecule has 0 aliphatic carbocycles. The van der Waals surface area contributed by atoms with E-state index in [-0.39, 0.29) is 0 Å². The van der Waals surface area contributed by atoms with E-state index in [4.69, 9.17) is 10.4 Å². The highest BCUT2D eigenvalue weighted by Gasteiger charge is 2.73. The van der Waals surface area contributed by atoms with E-state index in [1.54, 1.807) is 0 Å². The van der Waals surface area contributed by atoms with Gasteiger partial charge in [0.15, 0.2) is 0 Å². The quantitative estimate of drug-likeness (QED) is 0.380. The molecule has 0 amide bonds. The Bertz CT molecular complexity index is 398. The van der Waals surface area contributed by atoms with Gasteiger partial charge in [0.1, 0.15) is 0 Å². The Kier molecular flexibility index (Phi) is 6.20. The second kappa shape index (κ2) is 6.73. The fourth-order valence-electron chi connectivity index (χ4n) is 0.853. The molecular weight excluding hydrogens is 294 g/mol. The highest BCUT2D eigenvalue weighted by molar-refractivity contribution is 5.45. The van der Waals surface area contributed by atoms with Crippen molar-refractivity contribution in [2.45, 2.75) is 18.1 Å². The van der Waals surface area contributed by atoms with Gasteiger partial charge < -0.3 is 5.11 Å². The lowest BCUT2D eigenvalue weighted by Crippen LogP contribution is -2.58. The van der Waals surface area contributed by atoms with Gasteiger partial charge in [-0.3, -0.25) is 0 Å². The van der Waals surface area contributed by atoms with Crippen LogP contribution in [0.15, 0.2) is 36.9 Å². The van der Waals surface area contributed by atoms with Crippen molar-refractivity contribution < 1.29 is 41.6 Å². The van der Waals surface area contributed by atoms with Crippen molar-refractivity contribution in [3.63, 3.8) is 0 Å². The van der Waals surface area contributed by atoms with Crippen LogP contribution in [-0.4, -0.2) is 28.5 Å². The maximum absolute atomic E-state index is 11.3. The van der Waals surface area contributed by atoms with E-state index in [0.29, 0.717) is 0 Å². The Labute approximate surface area is 109 Å². The van der Waals surface area contributed by atoms with Crippen molar-refractivity contribution in [1.29, 1.82) is 0 Å². The summed E-state index contributed by atoms with van der Waals surface area (Å²) < 4.78 is 68.1. The van der Waals surface area contributed by atoms with Crippen LogP contribution in [0.25, 0.3) is 6.08 Å². The van der Waals surface area contributed by atoms with Crippen molar-refractivity contribution in [3.8, 4) is 0 Å². The number of alkyl halides is 6. The van der Waals surface area contributed by atoms with Gasteiger partial charge in [-0.15, -0.1) is 0 Å². The lowest BCUT2D eigenvalue weighted by molar-refractivity contribution is -0.532. The lowest BCUT2D eigenvalue weighted by Gasteiger charge is -2.28. The van der Waals surface area contributed by atoms with Gasteiger partial charge in [-0.1, -0.05) is 43.0 Å². The molecule has 0 saturated carbocycles. The number of rotatable bonds is 2. The summed E-state index contributed by atoms with van der Waals surface area (Å²) >= 11 is 0. The Morgan fingerprint density at radius 2 is 1.35 bits per heavy atom. The molecule has 0 heterocycles. The van der Waals surface area contributed by atoms with E-state index in [2.05, 4.69) is 6.58 Å². The minimum Gasteiger partial charge on any atom is -0.349 e. The van der Waals surface area contributed by atoms with Crippen LogP contribution in [0, 0.1) is 0 Å². The van der Waals surface area contributed by atoms with Gasteiger partial charge in [0.05, 0.1) is 0 Å². The molecule has 2 N–H and O–H groups in total. The fourth-order valence-corrected chi connectivity index (χ4v) is 0.853. The first-order valence-corrected chi connectivity index (χ1v) is 4.85. The van der Waals surface area contributed by atoms with Crippen molar-refractivity contribution >= 4 is 6.08 Å². The van der Waals surface area contributed by atoms with Crippen LogP contribution >= 0.6 is 0 Å². The topological polar surface area (TPSA) is 49.7 Å². The average molecular weight is 304 g/mol. The van der Waals surface area contributed by atoms with E-state index < -0.39 is 18.1 Å². The number of hydrogen-bond acceptors (Lipinski definition) is 3. The molecule has 0 aromatic heterocycles. The maximum Gasteiger partial charge on any atom is 0.455 e. The second-order valence-corrected chi connectivity index (χ2v) is 3.35. The van der Waals surface area contributed by atoms with Gasteiger partial charge in [0.25, 0.3) is 0 Å². The summed E-state index contributed by atoms with van der Waals surface area (Å²) in [6.07, 6.45) is -10.5. The van der Waals surface area contributed by atoms with Crippen molar-refractivity contribution in [1.82, 2.24) is 0 Å². The van der Waals surface area contributed by atoms with Gasteiger partial charge in [0, 0.05) is 0 Å². The summed E-state index contributed by atoms with van der Waals surface area (Å²) in [7, 11) is 0. The minimum absolute atomic E-state index is 1.17. The Hall–Kier alpha value is -1.58. The van der Waals surface area contributed by atoms with E-state index in [9.17, 15) is 26.3 Å². The molecule has 0 bridgehead atoms. The van der Waals surface area contributed by atoms with E-state index in [1.165, 1.54) is 5.56 Å². The Balaban J connectivity index is 0.000000388. The molecule has 9 heteroatoms. The zero-order valence-corrected chi connectivity index (χ0v) is 9.74. The SMILES string of the molecule is C=Cc1ccccc1.OOC(O)(C(F)(F)F)C(F)(F)F. The standard InChI is InChI=1S/C8H8.C3H2F6O3/c1-2-8-6-4-3-5-7-8;4-2(5,6)1(10,12-11)3(7,8)9/h2-7H,1H2;10-11H. The molecule has 20 heavy (non-hydrogen) atoms. The van der Waals surface area contributed by atoms with Crippen LogP contribution in [-0.2, 0) is 4.89 Å². The van der Waals surface area contributed by atoms with Crippen LogP contribution < -0.4 is 0 Å². The average Bonchev–Trinajstić information content (AvgIpc) is 2.36. The first kappa shape index (κ1) is 18.4. The zero-order chi connectivity index (χ0) is 16.0. The van der Waals surface area contributed by atoms with Gasteiger partial charge in [0.2, 0.25) is 0 Å².